The smallest absolute Gasteiger partial charge is 0.307 e. The molecule has 2 atom stereocenters. The molecule has 7 nitrogen and oxygen atoms in total. The minimum Gasteiger partial charge on any atom is -0.481 e. The van der Waals surface area contributed by atoms with Crippen molar-refractivity contribution in [2.24, 2.45) is 11.8 Å². The molecule has 0 spiro atoms. The fraction of sp³-hybridized carbons (Fsp3) is 0.333. The van der Waals surface area contributed by atoms with E-state index in [9.17, 15) is 24.8 Å². The Bertz CT molecular complexity index is 653. The molecule has 0 aliphatic heterocycles. The zero-order valence-corrected chi connectivity index (χ0v) is 12.0. The number of nitro groups is 1. The number of rotatable bonds is 4. The monoisotopic (exact) mass is 304 g/mol. The summed E-state index contributed by atoms with van der Waals surface area (Å²) in [4.78, 5) is 33.9. The number of carboxylic acids is 1. The minimum absolute atomic E-state index is 0.0869. The highest BCUT2D eigenvalue weighted by atomic mass is 16.6. The normalized spacial score (nSPS) is 20.4. The Labute approximate surface area is 126 Å². The fourth-order valence-corrected chi connectivity index (χ4v) is 2.50. The number of carboxylic acid groups (broad SMARTS) is 1. The number of benzene rings is 1. The fourth-order valence-electron chi connectivity index (χ4n) is 2.50. The number of carbonyl (C=O) groups is 2. The van der Waals surface area contributed by atoms with Crippen LogP contribution in [-0.2, 0) is 9.59 Å². The van der Waals surface area contributed by atoms with E-state index in [4.69, 9.17) is 0 Å². The molecule has 22 heavy (non-hydrogen) atoms. The van der Waals surface area contributed by atoms with E-state index < -0.39 is 28.6 Å². The molecule has 0 fully saturated rings. The third-order valence-electron chi connectivity index (χ3n) is 3.76. The van der Waals surface area contributed by atoms with Crippen molar-refractivity contribution in [2.45, 2.75) is 19.8 Å². The molecule has 0 heterocycles. The summed E-state index contributed by atoms with van der Waals surface area (Å²) in [5.41, 5.74) is 0.698. The molecule has 0 bridgehead atoms. The summed E-state index contributed by atoms with van der Waals surface area (Å²) in [6, 6.07) is 4.39. The number of anilines is 1. The predicted molar refractivity (Wildman–Crippen MR) is 79.5 cm³/mol. The van der Waals surface area contributed by atoms with E-state index >= 15 is 0 Å². The summed E-state index contributed by atoms with van der Waals surface area (Å²) in [6.07, 6.45) is 4.18. The number of hydrogen-bond donors (Lipinski definition) is 2. The molecule has 0 saturated heterocycles. The highest BCUT2D eigenvalue weighted by molar-refractivity contribution is 5.95. The molecule has 1 aliphatic carbocycles. The average molecular weight is 304 g/mol. The van der Waals surface area contributed by atoms with Crippen LogP contribution in [0.5, 0.6) is 0 Å². The molecule has 116 valence electrons. The van der Waals surface area contributed by atoms with E-state index in [1.165, 1.54) is 6.07 Å². The van der Waals surface area contributed by atoms with Gasteiger partial charge in [0.1, 0.15) is 0 Å². The van der Waals surface area contributed by atoms with Crippen molar-refractivity contribution in [1.82, 2.24) is 0 Å². The zero-order chi connectivity index (χ0) is 16.3. The molecule has 1 amide bonds. The van der Waals surface area contributed by atoms with E-state index in [1.54, 1.807) is 31.2 Å². The van der Waals surface area contributed by atoms with E-state index in [0.717, 1.165) is 0 Å². The van der Waals surface area contributed by atoms with E-state index in [2.05, 4.69) is 5.32 Å². The molecule has 1 aliphatic rings. The molecule has 0 aromatic heterocycles. The van der Waals surface area contributed by atoms with Crippen molar-refractivity contribution in [3.05, 3.63) is 46.0 Å². The highest BCUT2D eigenvalue weighted by Gasteiger charge is 2.34. The Morgan fingerprint density at radius 2 is 1.91 bits per heavy atom. The third-order valence-corrected chi connectivity index (χ3v) is 3.76. The van der Waals surface area contributed by atoms with Crippen LogP contribution in [0.25, 0.3) is 0 Å². The Morgan fingerprint density at radius 3 is 2.50 bits per heavy atom. The Hall–Kier alpha value is -2.70. The van der Waals surface area contributed by atoms with Crippen LogP contribution >= 0.6 is 0 Å². The predicted octanol–water partition coefficient (Wildman–Crippen LogP) is 2.51. The van der Waals surface area contributed by atoms with Gasteiger partial charge in [-0.05, 0) is 25.8 Å². The highest BCUT2D eigenvalue weighted by Crippen LogP contribution is 2.28. The van der Waals surface area contributed by atoms with Crippen LogP contribution in [0.4, 0.5) is 11.4 Å². The van der Waals surface area contributed by atoms with Crippen molar-refractivity contribution in [3.63, 3.8) is 0 Å². The van der Waals surface area contributed by atoms with Crippen molar-refractivity contribution in [1.29, 1.82) is 0 Å². The van der Waals surface area contributed by atoms with Crippen molar-refractivity contribution in [3.8, 4) is 0 Å². The van der Waals surface area contributed by atoms with Crippen LogP contribution in [0.1, 0.15) is 18.4 Å². The minimum atomic E-state index is -1.01. The first kappa shape index (κ1) is 15.7. The van der Waals surface area contributed by atoms with Gasteiger partial charge in [0.2, 0.25) is 5.91 Å². The quantitative estimate of drug-likeness (QED) is 0.504. The van der Waals surface area contributed by atoms with Crippen molar-refractivity contribution < 1.29 is 19.6 Å². The van der Waals surface area contributed by atoms with E-state index in [-0.39, 0.29) is 5.69 Å². The van der Waals surface area contributed by atoms with Gasteiger partial charge in [-0.1, -0.05) is 18.2 Å². The van der Waals surface area contributed by atoms with Gasteiger partial charge < -0.3 is 10.4 Å². The molecule has 0 radical (unpaired) electrons. The Kier molecular flexibility index (Phi) is 4.55. The van der Waals surface area contributed by atoms with Gasteiger partial charge in [0.15, 0.2) is 0 Å². The molecule has 0 saturated carbocycles. The lowest BCUT2D eigenvalue weighted by Gasteiger charge is -2.24. The summed E-state index contributed by atoms with van der Waals surface area (Å²) < 4.78 is 0. The van der Waals surface area contributed by atoms with Crippen LogP contribution in [-0.4, -0.2) is 21.9 Å². The summed E-state index contributed by atoms with van der Waals surface area (Å²) in [5, 5.41) is 22.7. The van der Waals surface area contributed by atoms with Crippen LogP contribution in [0, 0.1) is 28.9 Å². The van der Waals surface area contributed by atoms with Gasteiger partial charge in [-0.2, -0.15) is 0 Å². The number of aliphatic carboxylic acids is 1. The maximum Gasteiger partial charge on any atom is 0.307 e. The Balaban J connectivity index is 2.18. The molecular weight excluding hydrogens is 288 g/mol. The van der Waals surface area contributed by atoms with Gasteiger partial charge in [-0.25, -0.2) is 0 Å². The standard InChI is InChI=1S/C15H16N2O5/c1-9-6-7-10(8-13(9)17(21)22)16-14(18)11-4-2-3-5-12(11)15(19)20/h2-3,6-8,11-12H,4-5H2,1H3,(H,16,18)(H,19,20)/t11-,12-/m1/s1. The molecule has 2 N–H and O–H groups in total. The number of aryl methyl sites for hydroxylation is 1. The van der Waals surface area contributed by atoms with Gasteiger partial charge >= 0.3 is 5.97 Å². The molecule has 1 aromatic carbocycles. The summed E-state index contributed by atoms with van der Waals surface area (Å²) in [7, 11) is 0. The molecular formula is C15H16N2O5. The number of nitrogens with one attached hydrogen (secondary N) is 1. The largest absolute Gasteiger partial charge is 0.481 e. The molecule has 0 unspecified atom stereocenters. The number of amides is 1. The number of carbonyl (C=O) groups excluding carboxylic acids is 1. The van der Waals surface area contributed by atoms with Gasteiger partial charge in [0, 0.05) is 17.3 Å². The summed E-state index contributed by atoms with van der Waals surface area (Å²) in [6.45, 7) is 1.61. The van der Waals surface area contributed by atoms with Gasteiger partial charge in [0.05, 0.1) is 16.8 Å². The van der Waals surface area contributed by atoms with Gasteiger partial charge in [0.25, 0.3) is 5.69 Å². The lowest BCUT2D eigenvalue weighted by Crippen LogP contribution is -2.34. The first-order valence-electron chi connectivity index (χ1n) is 6.84. The van der Waals surface area contributed by atoms with Crippen molar-refractivity contribution >= 4 is 23.3 Å². The maximum atomic E-state index is 12.3. The molecule has 1 aromatic rings. The first-order valence-corrected chi connectivity index (χ1v) is 6.84. The summed E-state index contributed by atoms with van der Waals surface area (Å²) >= 11 is 0. The van der Waals surface area contributed by atoms with Crippen LogP contribution < -0.4 is 5.32 Å². The van der Waals surface area contributed by atoms with E-state index in [1.807, 2.05) is 0 Å². The second kappa shape index (κ2) is 6.38. The van der Waals surface area contributed by atoms with Crippen molar-refractivity contribution in [2.75, 3.05) is 5.32 Å². The summed E-state index contributed by atoms with van der Waals surface area (Å²) in [5.74, 6) is -2.90. The topological polar surface area (TPSA) is 110 Å². The average Bonchev–Trinajstić information content (AvgIpc) is 2.48. The number of hydrogen-bond acceptors (Lipinski definition) is 4. The van der Waals surface area contributed by atoms with Crippen LogP contribution in [0.3, 0.4) is 0 Å². The first-order chi connectivity index (χ1) is 10.4. The van der Waals surface area contributed by atoms with Crippen LogP contribution in [0.15, 0.2) is 30.4 Å². The van der Waals surface area contributed by atoms with E-state index in [0.29, 0.717) is 24.1 Å². The Morgan fingerprint density at radius 1 is 1.27 bits per heavy atom. The maximum absolute atomic E-state index is 12.3. The number of allylic oxidation sites excluding steroid dienone is 2. The third kappa shape index (κ3) is 3.30. The van der Waals surface area contributed by atoms with Crippen LogP contribution in [0.2, 0.25) is 0 Å². The second-order valence-electron chi connectivity index (χ2n) is 5.24. The lowest BCUT2D eigenvalue weighted by molar-refractivity contribution is -0.385. The second-order valence-corrected chi connectivity index (χ2v) is 5.24. The van der Waals surface area contributed by atoms with Gasteiger partial charge in [-0.15, -0.1) is 0 Å². The molecule has 2 rings (SSSR count). The number of nitrogens with zero attached hydrogens (tertiary/aromatic N) is 1. The lowest BCUT2D eigenvalue weighted by atomic mass is 9.82. The molecule has 7 heteroatoms. The number of nitro benzene ring substituents is 1. The zero-order valence-electron chi connectivity index (χ0n) is 12.0. The van der Waals surface area contributed by atoms with Gasteiger partial charge in [-0.3, -0.25) is 19.7 Å². The SMILES string of the molecule is Cc1ccc(NC(=O)[C@@H]2CC=CC[C@H]2C(=O)O)cc1[N+](=O)[O-].